The summed E-state index contributed by atoms with van der Waals surface area (Å²) in [5.41, 5.74) is 0. The molecule has 4 aliphatic carbocycles. The quantitative estimate of drug-likeness (QED) is 0.552. The Labute approximate surface area is 95.5 Å². The van der Waals surface area contributed by atoms with Gasteiger partial charge in [0, 0.05) is 5.92 Å². The monoisotopic (exact) mass is 212 g/mol. The van der Waals surface area contributed by atoms with Crippen molar-refractivity contribution in [2.45, 2.75) is 24.9 Å². The Hall–Kier alpha value is -0.920. The first-order chi connectivity index (χ1) is 7.93. The van der Waals surface area contributed by atoms with Crippen LogP contribution in [0.4, 0.5) is 0 Å². The highest BCUT2D eigenvalue weighted by atomic mass is 15.2. The van der Waals surface area contributed by atoms with Crippen molar-refractivity contribution in [2.24, 2.45) is 45.7 Å². The summed E-state index contributed by atoms with van der Waals surface area (Å²) in [6.07, 6.45) is 12.4. The van der Waals surface area contributed by atoms with E-state index in [1.54, 1.807) is 0 Å². The van der Waals surface area contributed by atoms with Crippen LogP contribution in [0.2, 0.25) is 0 Å². The largest absolute Gasteiger partial charge is 0.190 e. The summed E-state index contributed by atoms with van der Waals surface area (Å²) in [6.45, 7) is 0. The van der Waals surface area contributed by atoms with Crippen LogP contribution in [0.5, 0.6) is 0 Å². The maximum Gasteiger partial charge on any atom is 0.0811 e. The van der Waals surface area contributed by atoms with Gasteiger partial charge in [0.2, 0.25) is 0 Å². The van der Waals surface area contributed by atoms with Crippen LogP contribution in [0.15, 0.2) is 34.5 Å². The second-order valence-electron chi connectivity index (χ2n) is 6.22. The molecule has 2 heterocycles. The minimum absolute atomic E-state index is 0.527. The molecule has 8 atom stereocenters. The molecule has 2 saturated carbocycles. The van der Waals surface area contributed by atoms with Crippen LogP contribution in [0.3, 0.4) is 0 Å². The zero-order valence-corrected chi connectivity index (χ0v) is 9.24. The lowest BCUT2D eigenvalue weighted by Gasteiger charge is -2.50. The number of rotatable bonds is 0. The maximum atomic E-state index is 4.65. The van der Waals surface area contributed by atoms with Crippen LogP contribution in [0.25, 0.3) is 0 Å². The highest BCUT2D eigenvalue weighted by molar-refractivity contribution is 5.26. The highest BCUT2D eigenvalue weighted by Gasteiger charge is 2.61. The Morgan fingerprint density at radius 3 is 2.50 bits per heavy atom. The molecule has 2 nitrogen and oxygen atoms in total. The summed E-state index contributed by atoms with van der Waals surface area (Å²) >= 11 is 0. The van der Waals surface area contributed by atoms with Gasteiger partial charge in [0.05, 0.1) is 12.1 Å². The fourth-order valence-electron chi connectivity index (χ4n) is 5.30. The van der Waals surface area contributed by atoms with Gasteiger partial charge in [0.25, 0.3) is 0 Å². The lowest BCUT2D eigenvalue weighted by Crippen LogP contribution is -2.53. The van der Waals surface area contributed by atoms with Crippen LogP contribution in [0.1, 0.15) is 12.8 Å². The molecule has 2 fully saturated rings. The van der Waals surface area contributed by atoms with Gasteiger partial charge >= 0.3 is 0 Å². The average Bonchev–Trinajstić information content (AvgIpc) is 3.05. The summed E-state index contributed by atoms with van der Waals surface area (Å²) < 4.78 is 0. The molecule has 82 valence electrons. The minimum Gasteiger partial charge on any atom is -0.190 e. The number of allylic oxidation sites excluding steroid dienone is 3. The minimum atomic E-state index is 0.527. The molecule has 0 radical (unpaired) electrons. The molecule has 0 N–H and O–H groups in total. The van der Waals surface area contributed by atoms with E-state index in [2.05, 4.69) is 34.5 Å². The summed E-state index contributed by atoms with van der Waals surface area (Å²) in [5, 5.41) is 9.29. The molecule has 2 heteroatoms. The molecule has 0 aromatic rings. The standard InChI is InChI=1S/C14H16N2/c1-2-9-10(3-1)14-12-8-5-4-7(6-8)11(12)13(9)15-16-14/h1-2,4-5,7-14H,3,6H2/t7-,8-,9+,10-,11+,12+,13+,14+/m0/s1. The summed E-state index contributed by atoms with van der Waals surface area (Å²) in [4.78, 5) is 0. The number of azo groups is 1. The second-order valence-corrected chi connectivity index (χ2v) is 6.22. The van der Waals surface area contributed by atoms with Gasteiger partial charge in [-0.05, 0) is 42.4 Å². The van der Waals surface area contributed by atoms with Crippen molar-refractivity contribution >= 4 is 0 Å². The van der Waals surface area contributed by atoms with E-state index < -0.39 is 0 Å². The lowest BCUT2D eigenvalue weighted by atomic mass is 9.60. The zero-order valence-electron chi connectivity index (χ0n) is 9.24. The maximum absolute atomic E-state index is 4.65. The molecule has 0 unspecified atom stereocenters. The second kappa shape index (κ2) is 2.49. The molecule has 0 aromatic carbocycles. The van der Waals surface area contributed by atoms with E-state index in [1.165, 1.54) is 12.8 Å². The molecule has 6 aliphatic rings. The van der Waals surface area contributed by atoms with E-state index in [0.29, 0.717) is 12.1 Å². The van der Waals surface area contributed by atoms with Gasteiger partial charge in [0.15, 0.2) is 0 Å². The van der Waals surface area contributed by atoms with Crippen LogP contribution in [0, 0.1) is 35.5 Å². The van der Waals surface area contributed by atoms with E-state index in [-0.39, 0.29) is 0 Å². The predicted molar refractivity (Wildman–Crippen MR) is 60.9 cm³/mol. The lowest BCUT2D eigenvalue weighted by molar-refractivity contribution is 0.0468. The van der Waals surface area contributed by atoms with E-state index in [0.717, 1.165) is 35.5 Å². The van der Waals surface area contributed by atoms with E-state index in [9.17, 15) is 0 Å². The van der Waals surface area contributed by atoms with Crippen molar-refractivity contribution in [1.29, 1.82) is 0 Å². The number of hydrogen-bond donors (Lipinski definition) is 0. The molecule has 2 aliphatic heterocycles. The molecule has 0 spiro atoms. The Kier molecular flexibility index (Phi) is 1.28. The van der Waals surface area contributed by atoms with Crippen LogP contribution >= 0.6 is 0 Å². The first kappa shape index (κ1) is 8.21. The first-order valence-electron chi connectivity index (χ1n) is 6.68. The van der Waals surface area contributed by atoms with E-state index >= 15 is 0 Å². The number of hydrogen-bond acceptors (Lipinski definition) is 2. The Bertz CT molecular complexity index is 436. The van der Waals surface area contributed by atoms with E-state index in [1.807, 2.05) is 0 Å². The van der Waals surface area contributed by atoms with E-state index in [4.69, 9.17) is 0 Å². The smallest absolute Gasteiger partial charge is 0.0811 e. The molecular formula is C14H16N2. The van der Waals surface area contributed by atoms with Crippen LogP contribution in [-0.4, -0.2) is 12.1 Å². The number of fused-ring (bicyclic) bond motifs is 2. The Morgan fingerprint density at radius 1 is 0.875 bits per heavy atom. The summed E-state index contributed by atoms with van der Waals surface area (Å²) in [5.74, 6) is 4.88. The fraction of sp³-hybridized carbons (Fsp3) is 0.714. The molecular weight excluding hydrogens is 196 g/mol. The average molecular weight is 212 g/mol. The Morgan fingerprint density at radius 2 is 1.62 bits per heavy atom. The summed E-state index contributed by atoms with van der Waals surface area (Å²) in [6, 6.07) is 1.08. The molecule has 0 saturated heterocycles. The van der Waals surface area contributed by atoms with Crippen molar-refractivity contribution in [3.8, 4) is 0 Å². The molecule has 0 amide bonds. The van der Waals surface area contributed by atoms with Crippen molar-refractivity contribution in [2.75, 3.05) is 0 Å². The third-order valence-corrected chi connectivity index (χ3v) is 5.80. The highest BCUT2D eigenvalue weighted by Crippen LogP contribution is 2.61. The normalized spacial score (nSPS) is 63.0. The molecule has 6 rings (SSSR count). The predicted octanol–water partition coefficient (Wildman–Crippen LogP) is 2.83. The topological polar surface area (TPSA) is 24.7 Å². The zero-order chi connectivity index (χ0) is 10.3. The van der Waals surface area contributed by atoms with Gasteiger partial charge in [0.1, 0.15) is 0 Å². The van der Waals surface area contributed by atoms with Crippen molar-refractivity contribution in [3.63, 3.8) is 0 Å². The Balaban J connectivity index is 1.67. The molecule has 4 bridgehead atoms. The van der Waals surface area contributed by atoms with Crippen molar-refractivity contribution in [3.05, 3.63) is 24.3 Å². The van der Waals surface area contributed by atoms with Gasteiger partial charge in [-0.1, -0.05) is 24.3 Å². The third-order valence-electron chi connectivity index (χ3n) is 5.80. The molecule has 16 heavy (non-hydrogen) atoms. The first-order valence-corrected chi connectivity index (χ1v) is 6.68. The molecule has 0 aromatic heterocycles. The van der Waals surface area contributed by atoms with Crippen molar-refractivity contribution < 1.29 is 0 Å². The summed E-state index contributed by atoms with van der Waals surface area (Å²) in [7, 11) is 0. The van der Waals surface area contributed by atoms with Gasteiger partial charge in [-0.15, -0.1) is 0 Å². The van der Waals surface area contributed by atoms with Gasteiger partial charge in [-0.2, -0.15) is 10.2 Å². The fourth-order valence-corrected chi connectivity index (χ4v) is 5.30. The van der Waals surface area contributed by atoms with Crippen LogP contribution in [-0.2, 0) is 0 Å². The van der Waals surface area contributed by atoms with Crippen molar-refractivity contribution in [1.82, 2.24) is 0 Å². The van der Waals surface area contributed by atoms with Gasteiger partial charge < -0.3 is 0 Å². The van der Waals surface area contributed by atoms with Gasteiger partial charge in [-0.3, -0.25) is 0 Å². The third kappa shape index (κ3) is 0.732. The van der Waals surface area contributed by atoms with Crippen LogP contribution < -0.4 is 0 Å². The SMILES string of the molecule is C1=C[C@@H]2[C@H](C1)[C@H]1N=N[C@H]2[C@H]2[C@H]1[C@H]1C=C[C@H]2C1. The number of nitrogens with zero attached hydrogens (tertiary/aromatic N) is 2. The van der Waals surface area contributed by atoms with Gasteiger partial charge in [-0.25, -0.2) is 0 Å².